The molecule has 0 bridgehead atoms. The lowest BCUT2D eigenvalue weighted by atomic mass is 10.1. The van der Waals surface area contributed by atoms with Crippen molar-refractivity contribution in [2.45, 2.75) is 13.3 Å². The summed E-state index contributed by atoms with van der Waals surface area (Å²) in [7, 11) is 0. The van der Waals surface area contributed by atoms with Crippen LogP contribution < -0.4 is 9.64 Å². The Hall–Kier alpha value is -3.02. The lowest BCUT2D eigenvalue weighted by Gasteiger charge is -2.36. The Balaban J connectivity index is 1.40. The van der Waals surface area contributed by atoms with Gasteiger partial charge in [0.25, 0.3) is 0 Å². The molecule has 1 amide bonds. The molecule has 0 N–H and O–H groups in total. The average Bonchev–Trinajstić information content (AvgIpc) is 3.12. The lowest BCUT2D eigenvalue weighted by molar-refractivity contribution is -0.130. The molecule has 0 atom stereocenters. The van der Waals surface area contributed by atoms with Gasteiger partial charge in [-0.05, 0) is 31.2 Å². The normalized spacial score (nSPS) is 14.6. The summed E-state index contributed by atoms with van der Waals surface area (Å²) in [5.41, 5.74) is 2.52. The van der Waals surface area contributed by atoms with Crippen LogP contribution in [0.3, 0.4) is 0 Å². The second-order valence-corrected chi connectivity index (χ2v) is 6.57. The molecule has 27 heavy (non-hydrogen) atoms. The Bertz CT molecular complexity index is 929. The van der Waals surface area contributed by atoms with E-state index in [4.69, 9.17) is 9.26 Å². The first-order valence-electron chi connectivity index (χ1n) is 9.34. The van der Waals surface area contributed by atoms with E-state index in [0.29, 0.717) is 25.4 Å². The molecule has 1 fully saturated rings. The molecule has 3 aromatic rings. The van der Waals surface area contributed by atoms with E-state index < -0.39 is 0 Å². The maximum atomic E-state index is 12.7. The number of benzene rings is 2. The average molecular weight is 365 g/mol. The van der Waals surface area contributed by atoms with Crippen molar-refractivity contribution in [3.63, 3.8) is 0 Å². The van der Waals surface area contributed by atoms with Crippen molar-refractivity contribution < 1.29 is 14.1 Å². The molecule has 4 rings (SSSR count). The van der Waals surface area contributed by atoms with Crippen LogP contribution in [0.4, 0.5) is 5.69 Å². The van der Waals surface area contributed by atoms with E-state index in [-0.39, 0.29) is 12.3 Å². The SMILES string of the molecule is CCOc1ccccc1N1CCN(C(=O)Cc2noc3ccccc23)CC1. The van der Waals surface area contributed by atoms with Crippen LogP contribution in [0.5, 0.6) is 5.75 Å². The van der Waals surface area contributed by atoms with E-state index >= 15 is 0 Å². The third-order valence-corrected chi connectivity index (χ3v) is 4.91. The second kappa shape index (κ2) is 7.70. The summed E-state index contributed by atoms with van der Waals surface area (Å²) in [5, 5.41) is 4.99. The first kappa shape index (κ1) is 17.4. The standard InChI is InChI=1S/C21H23N3O3/c1-2-26-20-10-6-4-8-18(20)23-11-13-24(14-12-23)21(25)15-17-16-7-3-5-9-19(16)27-22-17/h3-10H,2,11-15H2,1H3. The largest absolute Gasteiger partial charge is 0.492 e. The third-order valence-electron chi connectivity index (χ3n) is 4.91. The number of ether oxygens (including phenoxy) is 1. The van der Waals surface area contributed by atoms with Gasteiger partial charge in [-0.2, -0.15) is 0 Å². The van der Waals surface area contributed by atoms with Gasteiger partial charge in [-0.25, -0.2) is 0 Å². The van der Waals surface area contributed by atoms with Gasteiger partial charge in [0.15, 0.2) is 5.58 Å². The minimum Gasteiger partial charge on any atom is -0.492 e. The van der Waals surface area contributed by atoms with E-state index in [1.54, 1.807) is 0 Å². The highest BCUT2D eigenvalue weighted by molar-refractivity contribution is 5.86. The highest BCUT2D eigenvalue weighted by Crippen LogP contribution is 2.29. The van der Waals surface area contributed by atoms with E-state index in [1.165, 1.54) is 0 Å². The van der Waals surface area contributed by atoms with Crippen molar-refractivity contribution in [1.29, 1.82) is 0 Å². The number of anilines is 1. The van der Waals surface area contributed by atoms with Gasteiger partial charge >= 0.3 is 0 Å². The molecule has 1 aromatic heterocycles. The topological polar surface area (TPSA) is 58.8 Å². The fourth-order valence-electron chi connectivity index (χ4n) is 3.51. The van der Waals surface area contributed by atoms with Gasteiger partial charge in [-0.1, -0.05) is 29.4 Å². The van der Waals surface area contributed by atoms with Crippen LogP contribution in [0.25, 0.3) is 11.0 Å². The van der Waals surface area contributed by atoms with Crippen LogP contribution in [0.2, 0.25) is 0 Å². The monoisotopic (exact) mass is 365 g/mol. The number of fused-ring (bicyclic) bond motifs is 1. The molecule has 0 radical (unpaired) electrons. The van der Waals surface area contributed by atoms with Gasteiger partial charge in [0.1, 0.15) is 11.4 Å². The fourth-order valence-corrected chi connectivity index (χ4v) is 3.51. The number of piperazine rings is 1. The molecular formula is C21H23N3O3. The van der Waals surface area contributed by atoms with Crippen LogP contribution in [0.1, 0.15) is 12.6 Å². The molecule has 0 saturated carbocycles. The predicted octanol–water partition coefficient (Wildman–Crippen LogP) is 3.12. The zero-order chi connectivity index (χ0) is 18.6. The maximum absolute atomic E-state index is 12.7. The first-order chi connectivity index (χ1) is 13.3. The van der Waals surface area contributed by atoms with E-state index in [9.17, 15) is 4.79 Å². The van der Waals surface area contributed by atoms with Crippen molar-refractivity contribution in [3.05, 3.63) is 54.2 Å². The molecule has 6 heteroatoms. The van der Waals surface area contributed by atoms with Gasteiger partial charge < -0.3 is 19.1 Å². The smallest absolute Gasteiger partial charge is 0.228 e. The van der Waals surface area contributed by atoms with Crippen molar-refractivity contribution >= 4 is 22.6 Å². The zero-order valence-corrected chi connectivity index (χ0v) is 15.4. The van der Waals surface area contributed by atoms with Gasteiger partial charge in [-0.3, -0.25) is 4.79 Å². The number of amides is 1. The number of para-hydroxylation sites is 3. The Kier molecular flexibility index (Phi) is 4.96. The maximum Gasteiger partial charge on any atom is 0.228 e. The van der Waals surface area contributed by atoms with E-state index in [2.05, 4.69) is 16.1 Å². The predicted molar refractivity (Wildman–Crippen MR) is 104 cm³/mol. The van der Waals surface area contributed by atoms with Crippen molar-refractivity contribution in [1.82, 2.24) is 10.1 Å². The number of hydrogen-bond acceptors (Lipinski definition) is 5. The Morgan fingerprint density at radius 3 is 2.63 bits per heavy atom. The minimum absolute atomic E-state index is 0.0896. The summed E-state index contributed by atoms with van der Waals surface area (Å²) >= 11 is 0. The molecule has 1 aliphatic rings. The van der Waals surface area contributed by atoms with Crippen LogP contribution in [-0.2, 0) is 11.2 Å². The quantitative estimate of drug-likeness (QED) is 0.695. The molecule has 1 aliphatic heterocycles. The summed E-state index contributed by atoms with van der Waals surface area (Å²) in [6, 6.07) is 15.7. The van der Waals surface area contributed by atoms with E-state index in [1.807, 2.05) is 54.3 Å². The van der Waals surface area contributed by atoms with Crippen molar-refractivity contribution in [2.24, 2.45) is 0 Å². The highest BCUT2D eigenvalue weighted by atomic mass is 16.5. The summed E-state index contributed by atoms with van der Waals surface area (Å²) in [4.78, 5) is 16.9. The Morgan fingerprint density at radius 1 is 1.07 bits per heavy atom. The molecule has 0 unspecified atom stereocenters. The lowest BCUT2D eigenvalue weighted by Crippen LogP contribution is -2.49. The van der Waals surface area contributed by atoms with Crippen LogP contribution in [0, 0.1) is 0 Å². The van der Waals surface area contributed by atoms with Crippen molar-refractivity contribution in [3.8, 4) is 5.75 Å². The Labute approximate surface area is 158 Å². The molecule has 1 saturated heterocycles. The van der Waals surface area contributed by atoms with Crippen molar-refractivity contribution in [2.75, 3.05) is 37.7 Å². The van der Waals surface area contributed by atoms with E-state index in [0.717, 1.165) is 35.5 Å². The first-order valence-corrected chi connectivity index (χ1v) is 9.34. The second-order valence-electron chi connectivity index (χ2n) is 6.57. The molecule has 140 valence electrons. The number of rotatable bonds is 5. The number of carbonyl (C=O) groups is 1. The summed E-state index contributed by atoms with van der Waals surface area (Å²) in [6.07, 6.45) is 0.270. The third kappa shape index (κ3) is 3.60. The van der Waals surface area contributed by atoms with Gasteiger partial charge in [0.05, 0.1) is 18.7 Å². The zero-order valence-electron chi connectivity index (χ0n) is 15.4. The molecule has 0 aliphatic carbocycles. The minimum atomic E-state index is 0.0896. The van der Waals surface area contributed by atoms with Crippen LogP contribution >= 0.6 is 0 Å². The summed E-state index contributed by atoms with van der Waals surface area (Å²) in [5.74, 6) is 0.987. The molecular weight excluding hydrogens is 342 g/mol. The Morgan fingerprint density at radius 2 is 1.81 bits per heavy atom. The van der Waals surface area contributed by atoms with Crippen LogP contribution in [0.15, 0.2) is 53.1 Å². The van der Waals surface area contributed by atoms with Gasteiger partial charge in [0.2, 0.25) is 5.91 Å². The number of hydrogen-bond donors (Lipinski definition) is 0. The molecule has 2 aromatic carbocycles. The molecule has 6 nitrogen and oxygen atoms in total. The number of aromatic nitrogens is 1. The number of nitrogens with zero attached hydrogens (tertiary/aromatic N) is 3. The molecule has 2 heterocycles. The number of carbonyl (C=O) groups excluding carboxylic acids is 1. The fraction of sp³-hybridized carbons (Fsp3) is 0.333. The highest BCUT2D eigenvalue weighted by Gasteiger charge is 2.24. The summed E-state index contributed by atoms with van der Waals surface area (Å²) in [6.45, 7) is 5.58. The van der Waals surface area contributed by atoms with Gasteiger partial charge in [-0.15, -0.1) is 0 Å². The van der Waals surface area contributed by atoms with Gasteiger partial charge in [0, 0.05) is 31.6 Å². The molecule has 0 spiro atoms. The van der Waals surface area contributed by atoms with Crippen LogP contribution in [-0.4, -0.2) is 48.7 Å². The summed E-state index contributed by atoms with van der Waals surface area (Å²) < 4.78 is 11.0.